The number of hydrogen-bond donors (Lipinski definition) is 2. The molecule has 0 aliphatic rings. The fourth-order valence-corrected chi connectivity index (χ4v) is 5.58. The lowest BCUT2D eigenvalue weighted by Crippen LogP contribution is -2.56. The number of carbonyl (C=O) groups is 4. The van der Waals surface area contributed by atoms with Gasteiger partial charge in [-0.25, -0.2) is 9.59 Å². The Hall–Kier alpha value is -3.24. The van der Waals surface area contributed by atoms with E-state index in [1.54, 1.807) is 26.8 Å². The maximum atomic E-state index is 14.0. The van der Waals surface area contributed by atoms with E-state index >= 15 is 0 Å². The topological polar surface area (TPSA) is 137 Å². The first-order chi connectivity index (χ1) is 24.3. The van der Waals surface area contributed by atoms with E-state index in [4.69, 9.17) is 18.9 Å². The molecule has 0 radical (unpaired) electrons. The molecule has 1 aromatic rings. The normalized spacial score (nSPS) is 14.0. The van der Waals surface area contributed by atoms with Crippen LogP contribution in [0, 0.1) is 5.92 Å². The van der Waals surface area contributed by atoms with Crippen molar-refractivity contribution < 1.29 is 43.2 Å². The highest BCUT2D eigenvalue weighted by molar-refractivity contribution is 5.93. The van der Waals surface area contributed by atoms with E-state index in [1.165, 1.54) is 39.6 Å². The number of nitrogens with one attached hydrogen (secondary N) is 1. The lowest BCUT2D eigenvalue weighted by atomic mass is 9.82. The van der Waals surface area contributed by atoms with Gasteiger partial charge in [-0.1, -0.05) is 83.1 Å². The van der Waals surface area contributed by atoms with Gasteiger partial charge in [-0.3, -0.25) is 9.59 Å². The molecule has 290 valence electrons. The summed E-state index contributed by atoms with van der Waals surface area (Å²) in [6.45, 7) is 9.90. The number of hydrogen-bond acceptors (Lipinski definition) is 9. The second-order valence-electron chi connectivity index (χ2n) is 14.4. The number of rotatable bonds is 28. The van der Waals surface area contributed by atoms with Crippen molar-refractivity contribution in [2.45, 2.75) is 155 Å². The maximum absolute atomic E-state index is 14.0. The number of benzene rings is 1. The van der Waals surface area contributed by atoms with Crippen LogP contribution in [-0.2, 0) is 39.8 Å². The molecular weight excluding hydrogens is 650 g/mol. The minimum atomic E-state index is -2.28. The largest absolute Gasteiger partial charge is 0.494 e. The quantitative estimate of drug-likeness (QED) is 0.0510. The van der Waals surface area contributed by atoms with E-state index in [0.717, 1.165) is 56.9 Å². The van der Waals surface area contributed by atoms with Gasteiger partial charge in [0.1, 0.15) is 23.2 Å². The van der Waals surface area contributed by atoms with Crippen molar-refractivity contribution in [3.05, 3.63) is 42.0 Å². The summed E-state index contributed by atoms with van der Waals surface area (Å²) in [5.41, 5.74) is -2.45. The number of esters is 2. The number of methoxy groups -OCH3 is 2. The Morgan fingerprint density at radius 3 is 2.00 bits per heavy atom. The van der Waals surface area contributed by atoms with Crippen LogP contribution < -0.4 is 10.1 Å². The van der Waals surface area contributed by atoms with E-state index in [2.05, 4.69) is 19.2 Å². The standard InChI is InChI=1S/C41H67NO9/c1-8-10-12-15-18-21-33(43)22-19-16-13-14-17-20-23-35(41(47,28-30-48-6)39(46)51-40(3,4)5)37(44)42-36(38(45)49-7)31-32-24-26-34(27-25-32)50-29-11-9-2/h20,23-27,35-36,47H,8-19,21-22,28-31H2,1-7H3,(H,42,44)/b23-20+/t35?,36-,41?/m0/s1. The molecule has 0 aromatic heterocycles. The van der Waals surface area contributed by atoms with Crippen LogP contribution in [0.15, 0.2) is 36.4 Å². The van der Waals surface area contributed by atoms with Crippen LogP contribution in [0.4, 0.5) is 0 Å². The Bertz CT molecular complexity index is 1170. The Morgan fingerprint density at radius 1 is 0.824 bits per heavy atom. The highest BCUT2D eigenvalue weighted by Gasteiger charge is 2.49. The minimum Gasteiger partial charge on any atom is -0.494 e. The molecule has 0 aliphatic carbocycles. The van der Waals surface area contributed by atoms with E-state index in [0.29, 0.717) is 37.4 Å². The third kappa shape index (κ3) is 19.3. The summed E-state index contributed by atoms with van der Waals surface area (Å²) < 4.78 is 21.6. The first-order valence-electron chi connectivity index (χ1n) is 19.0. The molecule has 1 aromatic carbocycles. The fraction of sp³-hybridized carbons (Fsp3) is 0.707. The Morgan fingerprint density at radius 2 is 1.43 bits per heavy atom. The van der Waals surface area contributed by atoms with Gasteiger partial charge in [0.15, 0.2) is 5.60 Å². The second-order valence-corrected chi connectivity index (χ2v) is 14.4. The van der Waals surface area contributed by atoms with Crippen molar-refractivity contribution in [2.75, 3.05) is 27.4 Å². The third-order valence-electron chi connectivity index (χ3n) is 8.63. The smallest absolute Gasteiger partial charge is 0.339 e. The highest BCUT2D eigenvalue weighted by Crippen LogP contribution is 2.29. The van der Waals surface area contributed by atoms with E-state index in [1.807, 2.05) is 24.3 Å². The molecule has 2 N–H and O–H groups in total. The molecule has 0 spiro atoms. The fourth-order valence-electron chi connectivity index (χ4n) is 5.58. The number of amides is 1. The van der Waals surface area contributed by atoms with Gasteiger partial charge < -0.3 is 29.4 Å². The number of aliphatic hydroxyl groups is 1. The highest BCUT2D eigenvalue weighted by atomic mass is 16.6. The summed E-state index contributed by atoms with van der Waals surface area (Å²) in [7, 11) is 2.68. The molecule has 0 bridgehead atoms. The summed E-state index contributed by atoms with van der Waals surface area (Å²) in [5.74, 6) is -2.70. The zero-order valence-electron chi connectivity index (χ0n) is 32.6. The van der Waals surface area contributed by atoms with Crippen LogP contribution in [0.5, 0.6) is 5.75 Å². The van der Waals surface area contributed by atoms with Gasteiger partial charge in [-0.05, 0) is 70.6 Å². The van der Waals surface area contributed by atoms with Crippen LogP contribution in [-0.4, -0.2) is 73.4 Å². The minimum absolute atomic E-state index is 0.0159. The average molecular weight is 718 g/mol. The summed E-state index contributed by atoms with van der Waals surface area (Å²) in [5, 5.41) is 14.7. The SMILES string of the molecule is CCCCCCCC(=O)CCCCCC/C=C/C(C(=O)N[C@@H](Cc1ccc(OCCCC)cc1)C(=O)OC)C(O)(CCOC)C(=O)OC(C)(C)C. The summed E-state index contributed by atoms with van der Waals surface area (Å²) in [6, 6.07) is 6.18. The van der Waals surface area contributed by atoms with Gasteiger partial charge in [-0.2, -0.15) is 0 Å². The van der Waals surface area contributed by atoms with E-state index in [9.17, 15) is 24.3 Å². The Labute approximate surface area is 307 Å². The predicted octanol–water partition coefficient (Wildman–Crippen LogP) is 7.62. The molecule has 0 heterocycles. The maximum Gasteiger partial charge on any atom is 0.339 e. The molecular formula is C41H67NO9. The van der Waals surface area contributed by atoms with Gasteiger partial charge in [0.25, 0.3) is 0 Å². The van der Waals surface area contributed by atoms with Crippen molar-refractivity contribution in [3.8, 4) is 5.75 Å². The van der Waals surface area contributed by atoms with E-state index < -0.39 is 41.0 Å². The van der Waals surface area contributed by atoms with Crippen molar-refractivity contribution in [1.82, 2.24) is 5.32 Å². The third-order valence-corrected chi connectivity index (χ3v) is 8.63. The zero-order valence-corrected chi connectivity index (χ0v) is 32.6. The monoisotopic (exact) mass is 717 g/mol. The van der Waals surface area contributed by atoms with Crippen LogP contribution in [0.1, 0.15) is 136 Å². The molecule has 3 atom stereocenters. The Balaban J connectivity index is 3.06. The van der Waals surface area contributed by atoms with Gasteiger partial charge >= 0.3 is 11.9 Å². The number of carbonyl (C=O) groups excluding carboxylic acids is 4. The number of allylic oxidation sites excluding steroid dienone is 1. The molecule has 1 amide bonds. The lowest BCUT2D eigenvalue weighted by molar-refractivity contribution is -0.185. The number of unbranched alkanes of at least 4 members (excludes halogenated alkanes) is 9. The first kappa shape index (κ1) is 45.8. The molecule has 0 aliphatic heterocycles. The van der Waals surface area contributed by atoms with Crippen LogP contribution in [0.3, 0.4) is 0 Å². The van der Waals surface area contributed by atoms with Crippen molar-refractivity contribution in [2.24, 2.45) is 5.92 Å². The number of ketones is 1. The molecule has 0 fully saturated rings. The van der Waals surface area contributed by atoms with Crippen LogP contribution in [0.25, 0.3) is 0 Å². The average Bonchev–Trinajstić information content (AvgIpc) is 3.09. The van der Waals surface area contributed by atoms with Crippen molar-refractivity contribution >= 4 is 23.6 Å². The Kier molecular flexibility index (Phi) is 23.0. The van der Waals surface area contributed by atoms with Crippen LogP contribution in [0.2, 0.25) is 0 Å². The van der Waals surface area contributed by atoms with Crippen LogP contribution >= 0.6 is 0 Å². The van der Waals surface area contributed by atoms with Gasteiger partial charge in [0, 0.05) is 39.4 Å². The van der Waals surface area contributed by atoms with Gasteiger partial charge in [0.05, 0.1) is 19.6 Å². The summed E-state index contributed by atoms with van der Waals surface area (Å²) in [6.07, 6.45) is 16.2. The second kappa shape index (κ2) is 25.7. The van der Waals surface area contributed by atoms with Gasteiger partial charge in [-0.15, -0.1) is 0 Å². The molecule has 2 unspecified atom stereocenters. The summed E-state index contributed by atoms with van der Waals surface area (Å²) >= 11 is 0. The summed E-state index contributed by atoms with van der Waals surface area (Å²) in [4.78, 5) is 52.6. The zero-order chi connectivity index (χ0) is 38.1. The molecule has 0 saturated heterocycles. The molecule has 0 saturated carbocycles. The first-order valence-corrected chi connectivity index (χ1v) is 19.0. The van der Waals surface area contributed by atoms with Crippen molar-refractivity contribution in [1.29, 1.82) is 0 Å². The van der Waals surface area contributed by atoms with Crippen molar-refractivity contribution in [3.63, 3.8) is 0 Å². The molecule has 10 heteroatoms. The molecule has 10 nitrogen and oxygen atoms in total. The number of Topliss-reactive ketones (excluding diaryl/α,β-unsaturated/α-hetero) is 1. The van der Waals surface area contributed by atoms with Gasteiger partial charge in [0.2, 0.25) is 5.91 Å². The predicted molar refractivity (Wildman–Crippen MR) is 200 cm³/mol. The lowest BCUT2D eigenvalue weighted by Gasteiger charge is -2.35. The van der Waals surface area contributed by atoms with E-state index in [-0.39, 0.29) is 19.4 Å². The molecule has 51 heavy (non-hydrogen) atoms. The number of ether oxygens (including phenoxy) is 4. The molecule has 1 rings (SSSR count).